The van der Waals surface area contributed by atoms with Gasteiger partial charge in [0.2, 0.25) is 5.91 Å². The number of hydrogen-bond donors (Lipinski definition) is 1. The Morgan fingerprint density at radius 2 is 2.00 bits per heavy atom. The number of carbonyl (C=O) groups is 2. The van der Waals surface area contributed by atoms with Crippen LogP contribution in [0.4, 0.5) is 5.82 Å². The fourth-order valence-corrected chi connectivity index (χ4v) is 3.76. The van der Waals surface area contributed by atoms with Gasteiger partial charge < -0.3 is 10.1 Å². The van der Waals surface area contributed by atoms with Crippen molar-refractivity contribution in [2.45, 2.75) is 50.7 Å². The minimum Gasteiger partial charge on any atom is -0.453 e. The molecular weight excluding hydrogens is 318 g/mol. The normalized spacial score (nSPS) is 20.2. The second-order valence-electron chi connectivity index (χ2n) is 6.69. The van der Waals surface area contributed by atoms with Gasteiger partial charge in [-0.05, 0) is 18.9 Å². The van der Waals surface area contributed by atoms with Crippen molar-refractivity contribution in [3.8, 4) is 0 Å². The minimum absolute atomic E-state index is 0.110. The molecule has 1 atom stereocenters. The molecule has 0 spiro atoms. The number of hydrogen-bond acceptors (Lipinski definition) is 4. The van der Waals surface area contributed by atoms with Gasteiger partial charge in [-0.15, -0.1) is 0 Å². The molecule has 1 N–H and O–H groups in total. The monoisotopic (exact) mass is 339 g/mol. The van der Waals surface area contributed by atoms with Crippen molar-refractivity contribution in [1.82, 2.24) is 9.78 Å². The Balaban J connectivity index is 1.44. The Hall–Kier alpha value is -2.63. The van der Waals surface area contributed by atoms with E-state index in [1.54, 1.807) is 18.3 Å². The number of esters is 1. The predicted octanol–water partition coefficient (Wildman–Crippen LogP) is 3.63. The van der Waals surface area contributed by atoms with Crippen LogP contribution in [-0.4, -0.2) is 21.7 Å². The van der Waals surface area contributed by atoms with Crippen LogP contribution in [0.5, 0.6) is 0 Å². The number of anilines is 1. The van der Waals surface area contributed by atoms with Crippen LogP contribution in [0, 0.1) is 0 Å². The van der Waals surface area contributed by atoms with Gasteiger partial charge in [0.15, 0.2) is 0 Å². The molecule has 2 aliphatic rings. The molecule has 130 valence electrons. The summed E-state index contributed by atoms with van der Waals surface area (Å²) in [4.78, 5) is 24.3. The highest BCUT2D eigenvalue weighted by Crippen LogP contribution is 2.33. The lowest BCUT2D eigenvalue weighted by Gasteiger charge is -2.24. The van der Waals surface area contributed by atoms with Crippen LogP contribution in [0.3, 0.4) is 0 Å². The lowest BCUT2D eigenvalue weighted by Crippen LogP contribution is -2.21. The summed E-state index contributed by atoms with van der Waals surface area (Å²) in [6, 6.07) is 9.39. The molecule has 0 unspecified atom stereocenters. The van der Waals surface area contributed by atoms with E-state index in [4.69, 9.17) is 4.74 Å². The first kappa shape index (κ1) is 15.9. The fraction of sp³-hybridized carbons (Fsp3) is 0.421. The Morgan fingerprint density at radius 3 is 2.84 bits per heavy atom. The zero-order valence-electron chi connectivity index (χ0n) is 14.0. The summed E-state index contributed by atoms with van der Waals surface area (Å²) in [6.45, 7) is 0. The van der Waals surface area contributed by atoms with Crippen molar-refractivity contribution in [3.63, 3.8) is 0 Å². The number of nitrogens with zero attached hydrogens (tertiary/aromatic N) is 2. The van der Waals surface area contributed by atoms with E-state index in [9.17, 15) is 9.59 Å². The number of fused-ring (bicyclic) bond motifs is 1. The maximum absolute atomic E-state index is 12.5. The van der Waals surface area contributed by atoms with Gasteiger partial charge in [-0.2, -0.15) is 5.10 Å². The molecule has 6 heteroatoms. The quantitative estimate of drug-likeness (QED) is 0.863. The van der Waals surface area contributed by atoms with Crippen molar-refractivity contribution < 1.29 is 14.3 Å². The van der Waals surface area contributed by atoms with E-state index in [0.29, 0.717) is 11.6 Å². The number of benzene rings is 1. The van der Waals surface area contributed by atoms with Crippen molar-refractivity contribution >= 4 is 17.7 Å². The van der Waals surface area contributed by atoms with E-state index in [2.05, 4.69) is 10.4 Å². The standard InChI is InChI=1S/C19H21N3O3/c23-18(12-16-14-8-4-5-9-15(14)19(24)25-16)21-17-10-11-20-22(17)13-6-2-1-3-7-13/h4-5,8-11,13,16H,1-3,6-7,12H2,(H,21,23)/t16-/m1/s1. The first-order chi connectivity index (χ1) is 12.2. The predicted molar refractivity (Wildman–Crippen MR) is 92.2 cm³/mol. The SMILES string of the molecule is O=C(C[C@H]1OC(=O)c2ccccc21)Nc1ccnn1C1CCCCC1. The highest BCUT2D eigenvalue weighted by molar-refractivity contribution is 5.96. The molecule has 2 heterocycles. The van der Waals surface area contributed by atoms with Crippen molar-refractivity contribution in [2.75, 3.05) is 5.32 Å². The van der Waals surface area contributed by atoms with Crippen LogP contribution < -0.4 is 5.32 Å². The molecule has 1 aliphatic heterocycles. The first-order valence-corrected chi connectivity index (χ1v) is 8.85. The van der Waals surface area contributed by atoms with E-state index in [-0.39, 0.29) is 18.3 Å². The summed E-state index contributed by atoms with van der Waals surface area (Å²) in [5.74, 6) is 0.183. The number of amides is 1. The van der Waals surface area contributed by atoms with E-state index < -0.39 is 6.10 Å². The van der Waals surface area contributed by atoms with Crippen molar-refractivity contribution in [3.05, 3.63) is 47.7 Å². The second-order valence-corrected chi connectivity index (χ2v) is 6.69. The van der Waals surface area contributed by atoms with Gasteiger partial charge in [-0.1, -0.05) is 37.5 Å². The Labute approximate surface area is 146 Å². The third kappa shape index (κ3) is 3.16. The van der Waals surface area contributed by atoms with E-state index >= 15 is 0 Å². The number of ether oxygens (including phenoxy) is 1. The summed E-state index contributed by atoms with van der Waals surface area (Å²) in [5.41, 5.74) is 1.33. The van der Waals surface area contributed by atoms with Crippen LogP contribution >= 0.6 is 0 Å². The molecule has 1 aromatic heterocycles. The highest BCUT2D eigenvalue weighted by Gasteiger charge is 2.32. The lowest BCUT2D eigenvalue weighted by atomic mass is 9.96. The average molecular weight is 339 g/mol. The molecule has 1 aliphatic carbocycles. The van der Waals surface area contributed by atoms with Gasteiger partial charge in [0.1, 0.15) is 11.9 Å². The van der Waals surface area contributed by atoms with Gasteiger partial charge in [0.05, 0.1) is 24.2 Å². The van der Waals surface area contributed by atoms with Gasteiger partial charge >= 0.3 is 5.97 Å². The molecule has 0 bridgehead atoms. The smallest absolute Gasteiger partial charge is 0.339 e. The lowest BCUT2D eigenvalue weighted by molar-refractivity contribution is -0.118. The number of rotatable bonds is 4. The summed E-state index contributed by atoms with van der Waals surface area (Å²) >= 11 is 0. The van der Waals surface area contributed by atoms with Gasteiger partial charge in [-0.3, -0.25) is 4.79 Å². The third-order valence-electron chi connectivity index (χ3n) is 5.01. The summed E-state index contributed by atoms with van der Waals surface area (Å²) in [7, 11) is 0. The maximum Gasteiger partial charge on any atom is 0.339 e. The molecule has 6 nitrogen and oxygen atoms in total. The molecule has 1 fully saturated rings. The van der Waals surface area contributed by atoms with E-state index in [1.165, 1.54) is 19.3 Å². The van der Waals surface area contributed by atoms with Crippen LogP contribution in [0.1, 0.15) is 66.6 Å². The average Bonchev–Trinajstić information content (AvgIpc) is 3.21. The summed E-state index contributed by atoms with van der Waals surface area (Å²) in [5, 5.41) is 7.32. The molecule has 0 saturated heterocycles. The van der Waals surface area contributed by atoms with Gasteiger partial charge in [0, 0.05) is 11.6 Å². The van der Waals surface area contributed by atoms with Gasteiger partial charge in [0.25, 0.3) is 0 Å². The van der Waals surface area contributed by atoms with E-state index in [1.807, 2.05) is 22.9 Å². The van der Waals surface area contributed by atoms with Gasteiger partial charge in [-0.25, -0.2) is 9.48 Å². The summed E-state index contributed by atoms with van der Waals surface area (Å²) < 4.78 is 7.27. The molecular formula is C19H21N3O3. The Kier molecular flexibility index (Phi) is 4.26. The van der Waals surface area contributed by atoms with Crippen LogP contribution in [-0.2, 0) is 9.53 Å². The molecule has 1 saturated carbocycles. The Bertz CT molecular complexity index is 793. The number of cyclic esters (lactones) is 1. The van der Waals surface area contributed by atoms with Crippen molar-refractivity contribution in [1.29, 1.82) is 0 Å². The minimum atomic E-state index is -0.519. The van der Waals surface area contributed by atoms with E-state index in [0.717, 1.165) is 24.2 Å². The molecule has 4 rings (SSSR count). The molecule has 1 amide bonds. The molecule has 2 aromatic rings. The molecule has 25 heavy (non-hydrogen) atoms. The number of carbonyl (C=O) groups excluding carboxylic acids is 2. The highest BCUT2D eigenvalue weighted by atomic mass is 16.5. The number of aromatic nitrogens is 2. The second kappa shape index (κ2) is 6.70. The van der Waals surface area contributed by atoms with Crippen LogP contribution in [0.2, 0.25) is 0 Å². The van der Waals surface area contributed by atoms with Crippen LogP contribution in [0.15, 0.2) is 36.5 Å². The summed E-state index contributed by atoms with van der Waals surface area (Å²) in [6.07, 6.45) is 7.17. The van der Waals surface area contributed by atoms with Crippen LogP contribution in [0.25, 0.3) is 0 Å². The third-order valence-corrected chi connectivity index (χ3v) is 5.01. The topological polar surface area (TPSA) is 73.2 Å². The molecule has 0 radical (unpaired) electrons. The number of nitrogens with one attached hydrogen (secondary N) is 1. The zero-order valence-corrected chi connectivity index (χ0v) is 14.0. The maximum atomic E-state index is 12.5. The Morgan fingerprint density at radius 1 is 1.20 bits per heavy atom. The fourth-order valence-electron chi connectivity index (χ4n) is 3.76. The largest absolute Gasteiger partial charge is 0.453 e. The first-order valence-electron chi connectivity index (χ1n) is 8.85. The molecule has 1 aromatic carbocycles. The zero-order chi connectivity index (χ0) is 17.2. The van der Waals surface area contributed by atoms with Crippen molar-refractivity contribution in [2.24, 2.45) is 0 Å².